The van der Waals surface area contributed by atoms with Crippen molar-refractivity contribution in [3.8, 4) is 11.5 Å². The van der Waals surface area contributed by atoms with E-state index in [2.05, 4.69) is 30.6 Å². The molecule has 2 aromatic carbocycles. The number of hydrogen-bond acceptors (Lipinski definition) is 22. The molecule has 6 aromatic heterocycles. The van der Waals surface area contributed by atoms with E-state index in [0.29, 0.717) is 211 Å². The third kappa shape index (κ3) is 18.6. The molecule has 5 amide bonds. The monoisotopic (exact) mass is 1430 g/mol. The number of aromatic nitrogens is 6. The number of nitrogens with zero attached hydrogens (tertiary/aromatic N) is 11. The molecule has 0 bridgehead atoms. The van der Waals surface area contributed by atoms with Gasteiger partial charge in [0, 0.05) is 76.9 Å². The fourth-order valence-corrected chi connectivity index (χ4v) is 12.1. The molecule has 30 heteroatoms. The minimum atomic E-state index is -0.977. The Morgan fingerprint density at radius 2 is 0.843 bits per heavy atom. The Hall–Kier alpha value is -10.8. The summed E-state index contributed by atoms with van der Waals surface area (Å²) in [5.74, 6) is 1.14. The molecule has 536 valence electrons. The van der Waals surface area contributed by atoms with Crippen LogP contribution < -0.4 is 37.3 Å². The highest BCUT2D eigenvalue weighted by Crippen LogP contribution is 2.39. The van der Waals surface area contributed by atoms with Gasteiger partial charge in [0.1, 0.15) is 17.5 Å². The number of nitrogens with one attached hydrogen (secondary N) is 2. The zero-order valence-corrected chi connectivity index (χ0v) is 59.7. The minimum Gasteiger partial charge on any atom is -0.493 e. The number of anilines is 7. The van der Waals surface area contributed by atoms with E-state index >= 15 is 0 Å². The third-order valence-corrected chi connectivity index (χ3v) is 17.4. The second kappa shape index (κ2) is 34.5. The van der Waals surface area contributed by atoms with Crippen LogP contribution in [0, 0.1) is 34.6 Å². The lowest BCUT2D eigenvalue weighted by molar-refractivity contribution is 0.0300. The summed E-state index contributed by atoms with van der Waals surface area (Å²) in [5.41, 5.74) is 28.7. The van der Waals surface area contributed by atoms with Crippen LogP contribution in [-0.4, -0.2) is 202 Å². The molecular formula is C72H82Cl2N16O12. The van der Waals surface area contributed by atoms with E-state index in [0.717, 1.165) is 28.5 Å². The molecular weight excluding hydrogens is 1350 g/mol. The highest BCUT2D eigenvalue weighted by Gasteiger charge is 2.32. The Morgan fingerprint density at radius 3 is 1.22 bits per heavy atom. The summed E-state index contributed by atoms with van der Waals surface area (Å²) in [7, 11) is 6.63. The van der Waals surface area contributed by atoms with Crippen LogP contribution in [0.1, 0.15) is 113 Å². The van der Waals surface area contributed by atoms with Crippen molar-refractivity contribution >= 4 is 98.9 Å². The Balaban J connectivity index is 0.000000159. The van der Waals surface area contributed by atoms with E-state index in [1.165, 1.54) is 12.1 Å². The number of para-hydroxylation sites is 2. The quantitative estimate of drug-likeness (QED) is 0.0665. The molecule has 13 rings (SSSR count). The van der Waals surface area contributed by atoms with E-state index in [9.17, 15) is 28.8 Å². The summed E-state index contributed by atoms with van der Waals surface area (Å²) in [5, 5.41) is 16.1. The van der Waals surface area contributed by atoms with E-state index in [-0.39, 0.29) is 35.1 Å². The van der Waals surface area contributed by atoms with Gasteiger partial charge in [0.2, 0.25) is 0 Å². The molecule has 5 aliphatic rings. The number of benzene rings is 2. The number of nitrogens with two attached hydrogens (primary N) is 3. The molecule has 102 heavy (non-hydrogen) atoms. The van der Waals surface area contributed by atoms with Gasteiger partial charge in [0.05, 0.1) is 167 Å². The molecule has 5 aliphatic heterocycles. The largest absolute Gasteiger partial charge is 0.493 e. The first-order chi connectivity index (χ1) is 48.8. The summed E-state index contributed by atoms with van der Waals surface area (Å²) in [4.78, 5) is 107. The number of fused-ring (bicyclic) bond motifs is 2. The number of aromatic carboxylic acids is 1. The van der Waals surface area contributed by atoms with Crippen LogP contribution >= 0.6 is 23.2 Å². The molecule has 8 aromatic rings. The second-order valence-corrected chi connectivity index (χ2v) is 24.9. The van der Waals surface area contributed by atoms with Crippen molar-refractivity contribution in [1.82, 2.24) is 54.4 Å². The van der Waals surface area contributed by atoms with E-state index in [1.807, 2.05) is 62.4 Å². The van der Waals surface area contributed by atoms with Crippen LogP contribution in [0.4, 0.5) is 40.2 Å². The van der Waals surface area contributed by atoms with E-state index in [4.69, 9.17) is 79.2 Å². The Labute approximate surface area is 600 Å². The molecule has 28 nitrogen and oxygen atoms in total. The van der Waals surface area contributed by atoms with Gasteiger partial charge in [-0.3, -0.25) is 38.9 Å². The number of pyridine rings is 6. The fourth-order valence-electron chi connectivity index (χ4n) is 11.6. The number of nitrogen functional groups attached to an aromatic ring is 3. The molecule has 0 radical (unpaired) electrons. The zero-order chi connectivity index (χ0) is 73.5. The smallest absolute Gasteiger partial charge is 0.337 e. The van der Waals surface area contributed by atoms with Crippen molar-refractivity contribution in [1.29, 1.82) is 0 Å². The van der Waals surface area contributed by atoms with Crippen molar-refractivity contribution < 1.29 is 57.6 Å². The Kier molecular flexibility index (Phi) is 25.5. The number of carbonyl (C=O) groups excluding carboxylic acids is 5. The van der Waals surface area contributed by atoms with Crippen molar-refractivity contribution in [3.05, 3.63) is 192 Å². The van der Waals surface area contributed by atoms with Crippen molar-refractivity contribution in [2.45, 2.75) is 54.1 Å². The van der Waals surface area contributed by atoms with Crippen molar-refractivity contribution in [2.75, 3.05) is 135 Å². The zero-order valence-electron chi connectivity index (χ0n) is 58.2. The Morgan fingerprint density at radius 1 is 0.480 bits per heavy atom. The second-order valence-electron chi connectivity index (χ2n) is 24.1. The standard InChI is InChI=1S/C27H28ClN5O4.C16H16ClN3O2.2C11H15N3O2.C7H8N2O2/c1-16-19(26(34)33-9-11-37-12-10-33)8-7-17(29-16)13-18-14-22(24-23(30-18)15-32(2)27(24)35)31-21-6-4-5-20(28)25(21)36-3;1-9-7-12(14-13(18-9)8-20(2)16(14)21)19-11-6-4-5-10(17)15(11)22-3;2*1-8-9(2-3-10(12)13-8)11(15)14-4-6-16-7-5-14;1-4-5(7(10)11)2-3-6(8)9-4/h4-8,14H,9-13,15H2,1-3H3,(H,30,31);4-7H,8H2,1-3H3,(H,18,19);2*2-3H,4-7H2,1H3,(H2,12,13);2-3H,1H3,(H2,8,9)(H,10,11). The topological polar surface area (TPSA) is 364 Å². The number of carbonyl (C=O) groups is 6. The molecule has 0 spiro atoms. The summed E-state index contributed by atoms with van der Waals surface area (Å²) in [6.45, 7) is 17.2. The van der Waals surface area contributed by atoms with Gasteiger partial charge < -0.3 is 81.1 Å². The summed E-state index contributed by atoms with van der Waals surface area (Å²) >= 11 is 12.5. The fraction of sp³-hybridized carbons (Fsp3) is 0.333. The average Bonchev–Trinajstić information content (AvgIpc) is 1.61. The number of carboxylic acids is 1. The molecule has 3 fully saturated rings. The molecule has 3 saturated heterocycles. The highest BCUT2D eigenvalue weighted by atomic mass is 35.5. The number of hydrogen-bond donors (Lipinski definition) is 6. The number of amides is 5. The predicted molar refractivity (Wildman–Crippen MR) is 386 cm³/mol. The number of rotatable bonds is 12. The summed E-state index contributed by atoms with van der Waals surface area (Å²) in [6, 6.07) is 27.9. The number of halogens is 2. The Bertz CT molecular complexity index is 4360. The number of carboxylic acid groups (broad SMARTS) is 1. The molecule has 0 unspecified atom stereocenters. The maximum Gasteiger partial charge on any atom is 0.337 e. The summed E-state index contributed by atoms with van der Waals surface area (Å²) in [6.07, 6.45) is 0.444. The van der Waals surface area contributed by atoms with Crippen LogP contribution in [0.25, 0.3) is 0 Å². The number of morpholine rings is 3. The van der Waals surface area contributed by atoms with Gasteiger partial charge in [-0.25, -0.2) is 19.7 Å². The van der Waals surface area contributed by atoms with Crippen molar-refractivity contribution in [3.63, 3.8) is 0 Å². The van der Waals surface area contributed by atoms with Gasteiger partial charge in [0.15, 0.2) is 11.5 Å². The summed E-state index contributed by atoms with van der Waals surface area (Å²) < 4.78 is 26.6. The predicted octanol–water partition coefficient (Wildman–Crippen LogP) is 8.78. The first-order valence-electron chi connectivity index (χ1n) is 32.6. The van der Waals surface area contributed by atoms with Crippen LogP contribution in [0.5, 0.6) is 11.5 Å². The minimum absolute atomic E-state index is 0.00769. The number of methoxy groups -OCH3 is 2. The third-order valence-electron chi connectivity index (χ3n) is 16.8. The van der Waals surface area contributed by atoms with Gasteiger partial charge in [0.25, 0.3) is 29.5 Å². The molecule has 0 saturated carbocycles. The van der Waals surface area contributed by atoms with Crippen LogP contribution in [0.3, 0.4) is 0 Å². The highest BCUT2D eigenvalue weighted by molar-refractivity contribution is 6.33. The van der Waals surface area contributed by atoms with Gasteiger partial charge in [-0.15, -0.1) is 0 Å². The van der Waals surface area contributed by atoms with Gasteiger partial charge in [-0.2, -0.15) is 0 Å². The first-order valence-corrected chi connectivity index (χ1v) is 33.3. The van der Waals surface area contributed by atoms with E-state index in [1.54, 1.807) is 110 Å². The first kappa shape index (κ1) is 75.4. The lowest BCUT2D eigenvalue weighted by Gasteiger charge is -2.27. The molecule has 0 aliphatic carbocycles. The lowest BCUT2D eigenvalue weighted by Crippen LogP contribution is -2.41. The molecule has 11 heterocycles. The maximum absolute atomic E-state index is 12.9. The lowest BCUT2D eigenvalue weighted by atomic mass is 10.1. The maximum atomic E-state index is 12.9. The SMILES string of the molecule is COc1c(Cl)cccc1Nc1cc(C)nc2c1C(=O)N(C)C2.COc1c(Cl)cccc1Nc1cc(Cc2ccc(C(=O)N3CCOCC3)c(C)n2)nc2c1C(=O)N(C)C2.Cc1nc(N)ccc1C(=O)N1CCOCC1.Cc1nc(N)ccc1C(=O)N1CCOCC1.Cc1nc(N)ccc1C(=O)O. The molecule has 9 N–H and O–H groups in total. The average molecular weight is 1430 g/mol. The van der Waals surface area contributed by atoms with Crippen molar-refractivity contribution in [2.24, 2.45) is 0 Å². The molecule has 0 atom stereocenters. The number of aryl methyl sites for hydroxylation is 5. The normalized spacial score (nSPS) is 14.4. The van der Waals surface area contributed by atoms with E-state index < -0.39 is 5.97 Å². The van der Waals surface area contributed by atoms with Crippen LogP contribution in [0.15, 0.2) is 97.1 Å². The van der Waals surface area contributed by atoms with Gasteiger partial charge in [-0.1, -0.05) is 35.3 Å². The van der Waals surface area contributed by atoms with Crippen LogP contribution in [-0.2, 0) is 33.7 Å². The van der Waals surface area contributed by atoms with Gasteiger partial charge >= 0.3 is 5.97 Å². The van der Waals surface area contributed by atoms with Gasteiger partial charge in [-0.05, 0) is 120 Å². The van der Waals surface area contributed by atoms with Crippen LogP contribution in [0.2, 0.25) is 10.0 Å². The number of ether oxygens (including phenoxy) is 5.